The molecule has 29 heavy (non-hydrogen) atoms. The minimum absolute atomic E-state index is 0.0174. The van der Waals surface area contributed by atoms with Gasteiger partial charge in [-0.1, -0.05) is 11.8 Å². The van der Waals surface area contributed by atoms with Crippen LogP contribution in [0.3, 0.4) is 0 Å². The van der Waals surface area contributed by atoms with Gasteiger partial charge >= 0.3 is 0 Å². The van der Waals surface area contributed by atoms with Crippen LogP contribution in [0.1, 0.15) is 5.56 Å². The largest absolute Gasteiger partial charge is 0.488 e. The van der Waals surface area contributed by atoms with Crippen LogP contribution >= 0.6 is 0 Å². The average Bonchev–Trinajstić information content (AvgIpc) is 3.10. The number of aromatic nitrogens is 3. The van der Waals surface area contributed by atoms with Crippen molar-refractivity contribution in [2.75, 3.05) is 13.2 Å². The Labute approximate surface area is 165 Å². The summed E-state index contributed by atoms with van der Waals surface area (Å²) in [5.74, 6) is -1.75. The fourth-order valence-corrected chi connectivity index (χ4v) is 3.10. The van der Waals surface area contributed by atoms with Crippen LogP contribution < -0.4 is 0 Å². The van der Waals surface area contributed by atoms with E-state index in [4.69, 9.17) is 9.84 Å². The molecule has 0 amide bonds. The third-order valence-corrected chi connectivity index (χ3v) is 4.52. The number of aliphatic hydroxyl groups is 1. The molecule has 0 spiro atoms. The summed E-state index contributed by atoms with van der Waals surface area (Å²) >= 11 is 0. The Balaban J connectivity index is 1.73. The topological polar surface area (TPSA) is 71.0 Å². The van der Waals surface area contributed by atoms with Gasteiger partial charge in [-0.05, 0) is 29.8 Å². The van der Waals surface area contributed by atoms with E-state index in [0.717, 1.165) is 16.5 Å². The van der Waals surface area contributed by atoms with Gasteiger partial charge in [0.05, 0.1) is 6.61 Å². The van der Waals surface area contributed by atoms with Gasteiger partial charge in [0, 0.05) is 53.3 Å². The van der Waals surface area contributed by atoms with E-state index in [1.54, 1.807) is 24.8 Å². The predicted molar refractivity (Wildman–Crippen MR) is 105 cm³/mol. The maximum atomic E-state index is 14.9. The van der Waals surface area contributed by atoms with Crippen LogP contribution in [0.2, 0.25) is 0 Å². The van der Waals surface area contributed by atoms with Crippen molar-refractivity contribution < 1.29 is 18.6 Å². The van der Waals surface area contributed by atoms with E-state index < -0.39 is 11.7 Å². The summed E-state index contributed by atoms with van der Waals surface area (Å²) in [7, 11) is 0. The third-order valence-electron chi connectivity index (χ3n) is 4.52. The molecule has 0 bridgehead atoms. The molecule has 0 saturated carbocycles. The van der Waals surface area contributed by atoms with E-state index in [-0.39, 0.29) is 31.0 Å². The van der Waals surface area contributed by atoms with E-state index in [9.17, 15) is 8.78 Å². The summed E-state index contributed by atoms with van der Waals surface area (Å²) < 4.78 is 34.6. The molecule has 0 atom stereocenters. The van der Waals surface area contributed by atoms with Crippen LogP contribution in [0, 0.1) is 0 Å². The fourth-order valence-electron chi connectivity index (χ4n) is 3.10. The molecule has 0 radical (unpaired) electrons. The Hall–Kier alpha value is -3.54. The average molecular weight is 393 g/mol. The van der Waals surface area contributed by atoms with Crippen molar-refractivity contribution in [1.29, 1.82) is 0 Å². The summed E-state index contributed by atoms with van der Waals surface area (Å²) in [6.07, 6.45) is 9.34. The number of nitrogens with zero attached hydrogens (tertiary/aromatic N) is 2. The van der Waals surface area contributed by atoms with E-state index >= 15 is 0 Å². The molecule has 3 aromatic heterocycles. The van der Waals surface area contributed by atoms with E-state index in [2.05, 4.69) is 20.7 Å². The third kappa shape index (κ3) is 3.87. The van der Waals surface area contributed by atoms with Crippen molar-refractivity contribution in [1.82, 2.24) is 15.0 Å². The number of hydrogen-bond donors (Lipinski definition) is 2. The molecule has 146 valence electrons. The molecule has 0 saturated heterocycles. The zero-order valence-corrected chi connectivity index (χ0v) is 15.3. The highest BCUT2D eigenvalue weighted by Crippen LogP contribution is 2.31. The number of ether oxygens (including phenoxy) is 1. The summed E-state index contributed by atoms with van der Waals surface area (Å²) in [5, 5.41) is 9.66. The summed E-state index contributed by atoms with van der Waals surface area (Å²) in [6.45, 7) is -0.363. The van der Waals surface area contributed by atoms with Gasteiger partial charge in [0.2, 0.25) is 0 Å². The second-order valence-electron chi connectivity index (χ2n) is 6.37. The number of halogens is 2. The summed E-state index contributed by atoms with van der Waals surface area (Å²) in [6, 6.07) is 5.66. The second kappa shape index (κ2) is 8.22. The number of fused-ring (bicyclic) bond motifs is 1. The van der Waals surface area contributed by atoms with Crippen LogP contribution in [-0.2, 0) is 11.2 Å². The predicted octanol–water partition coefficient (Wildman–Crippen LogP) is 4.31. The number of H-pyrrole nitrogens is 1. The standard InChI is InChI=1S/C22H17F2N3O2/c23-19-4-1-5-20(29-8-7-28)21(24)18(19)10-16-13-27-22-17(16)9-15(12-26-22)14-3-2-6-25-11-14/h1-3,5-6,9,11-13,28H,7-8,10H2,(H,26,27). The Morgan fingerprint density at radius 2 is 2.10 bits per heavy atom. The molecule has 1 aliphatic carbocycles. The Kier molecular flexibility index (Phi) is 5.33. The first-order valence-electron chi connectivity index (χ1n) is 8.99. The van der Waals surface area contributed by atoms with Crippen molar-refractivity contribution in [2.24, 2.45) is 0 Å². The molecule has 4 rings (SSSR count). The summed E-state index contributed by atoms with van der Waals surface area (Å²) in [4.78, 5) is 11.6. The van der Waals surface area contributed by atoms with E-state index in [0.29, 0.717) is 11.2 Å². The molecule has 3 aromatic rings. The van der Waals surface area contributed by atoms with Crippen molar-refractivity contribution in [2.45, 2.75) is 6.42 Å². The van der Waals surface area contributed by atoms with E-state index in [1.165, 1.54) is 12.2 Å². The van der Waals surface area contributed by atoms with Gasteiger partial charge in [0.25, 0.3) is 0 Å². The maximum Gasteiger partial charge on any atom is 0.172 e. The van der Waals surface area contributed by atoms with Crippen molar-refractivity contribution in [3.63, 3.8) is 0 Å². The lowest BCUT2D eigenvalue weighted by Gasteiger charge is -2.10. The number of nitrogens with one attached hydrogen (secondary N) is 1. The van der Waals surface area contributed by atoms with Crippen molar-refractivity contribution in [3.8, 4) is 11.1 Å². The zero-order valence-electron chi connectivity index (χ0n) is 15.3. The van der Waals surface area contributed by atoms with Crippen LogP contribution in [0.15, 0.2) is 83.9 Å². The SMILES string of the molecule is OCCOC1=CC=C=C(F)C(Cc2c[nH]c3ncc(-c4cccnc4)cc23)=C1F. The van der Waals surface area contributed by atoms with Gasteiger partial charge in [0.15, 0.2) is 17.4 Å². The lowest BCUT2D eigenvalue weighted by Crippen LogP contribution is -2.03. The molecule has 0 fully saturated rings. The smallest absolute Gasteiger partial charge is 0.172 e. The van der Waals surface area contributed by atoms with Gasteiger partial charge in [-0.15, -0.1) is 0 Å². The Morgan fingerprint density at radius 1 is 1.21 bits per heavy atom. The molecule has 7 heteroatoms. The Morgan fingerprint density at radius 3 is 2.90 bits per heavy atom. The van der Waals surface area contributed by atoms with Gasteiger partial charge in [-0.2, -0.15) is 4.39 Å². The van der Waals surface area contributed by atoms with Gasteiger partial charge < -0.3 is 14.8 Å². The molecule has 5 nitrogen and oxygen atoms in total. The van der Waals surface area contributed by atoms with E-state index in [1.807, 2.05) is 18.2 Å². The lowest BCUT2D eigenvalue weighted by atomic mass is 10.0. The van der Waals surface area contributed by atoms with Crippen LogP contribution in [0.4, 0.5) is 8.78 Å². The molecule has 2 N–H and O–H groups in total. The van der Waals surface area contributed by atoms with Gasteiger partial charge in [0.1, 0.15) is 12.3 Å². The van der Waals surface area contributed by atoms with Crippen LogP contribution in [0.25, 0.3) is 22.2 Å². The fraction of sp³-hybridized carbons (Fsp3) is 0.136. The quantitative estimate of drug-likeness (QED) is 0.613. The first kappa shape index (κ1) is 18.8. The lowest BCUT2D eigenvalue weighted by molar-refractivity contribution is 0.143. The maximum absolute atomic E-state index is 14.9. The molecule has 1 aliphatic rings. The Bertz CT molecular complexity index is 1170. The number of allylic oxidation sites excluding steroid dienone is 4. The summed E-state index contributed by atoms with van der Waals surface area (Å²) in [5.41, 5.74) is 5.28. The minimum Gasteiger partial charge on any atom is -0.488 e. The van der Waals surface area contributed by atoms with Crippen LogP contribution in [-0.4, -0.2) is 33.3 Å². The molecule has 0 aromatic carbocycles. The highest BCUT2D eigenvalue weighted by molar-refractivity contribution is 5.85. The number of aromatic amines is 1. The first-order valence-corrected chi connectivity index (χ1v) is 8.99. The van der Waals surface area contributed by atoms with Gasteiger partial charge in [-0.25, -0.2) is 9.37 Å². The van der Waals surface area contributed by atoms with Crippen LogP contribution in [0.5, 0.6) is 0 Å². The molecule has 3 heterocycles. The monoisotopic (exact) mass is 393 g/mol. The molecular weight excluding hydrogens is 376 g/mol. The van der Waals surface area contributed by atoms with Crippen molar-refractivity contribution in [3.05, 3.63) is 89.4 Å². The minimum atomic E-state index is -0.817. The highest BCUT2D eigenvalue weighted by Gasteiger charge is 2.21. The zero-order chi connectivity index (χ0) is 20.2. The number of hydrogen-bond acceptors (Lipinski definition) is 4. The normalized spacial score (nSPS) is 14.0. The molecule has 0 aliphatic heterocycles. The number of aliphatic hydroxyl groups excluding tert-OH is 1. The van der Waals surface area contributed by atoms with Gasteiger partial charge in [-0.3, -0.25) is 4.98 Å². The molecular formula is C22H17F2N3O2. The molecule has 0 unspecified atom stereocenters. The van der Waals surface area contributed by atoms with Crippen molar-refractivity contribution >= 4 is 11.0 Å². The number of pyridine rings is 2. The number of rotatable bonds is 6. The highest BCUT2D eigenvalue weighted by atomic mass is 19.1. The second-order valence-corrected chi connectivity index (χ2v) is 6.37. The first-order chi connectivity index (χ1) is 14.2.